The molecule has 1 heterocycles. The summed E-state index contributed by atoms with van der Waals surface area (Å²) >= 11 is 4.46. The minimum atomic E-state index is -3.53. The van der Waals surface area contributed by atoms with Gasteiger partial charge in [-0.15, -0.1) is 0 Å². The van der Waals surface area contributed by atoms with Crippen LogP contribution in [-0.2, 0) is 21.4 Å². The zero-order valence-corrected chi connectivity index (χ0v) is 13.2. The molecule has 1 aliphatic heterocycles. The Kier molecular flexibility index (Phi) is 3.36. The fraction of sp³-hybridized carbons (Fsp3) is 0.455. The Morgan fingerprint density at radius 2 is 2.16 bits per heavy atom. The molecule has 102 valence electrons. The molecule has 0 saturated heterocycles. The van der Waals surface area contributed by atoms with Gasteiger partial charge in [-0.1, -0.05) is 22.0 Å². The van der Waals surface area contributed by atoms with E-state index in [0.717, 1.165) is 29.5 Å². The molecule has 0 atom stereocenters. The highest BCUT2D eigenvalue weighted by Crippen LogP contribution is 2.46. The quantitative estimate of drug-likeness (QED) is 0.831. The molecule has 1 aliphatic carbocycles. The smallest absolute Gasteiger partial charge is 0.210 e. The molecule has 19 heavy (non-hydrogen) atoms. The number of sulfonamides is 1. The fourth-order valence-electron chi connectivity index (χ4n) is 1.86. The monoisotopic (exact) mass is 361 g/mol. The second-order valence-electron chi connectivity index (χ2n) is 4.85. The van der Waals surface area contributed by atoms with Crippen LogP contribution in [0.25, 0.3) is 0 Å². The summed E-state index contributed by atoms with van der Waals surface area (Å²) in [6.45, 7) is 0.467. The number of fused-ring (bicyclic) bond motifs is 1. The lowest BCUT2D eigenvalue weighted by atomic mass is 10.1. The summed E-state index contributed by atoms with van der Waals surface area (Å²) in [6, 6.07) is 5.02. The Hall–Kier alpha value is -0.570. The molecule has 5 nitrogen and oxygen atoms in total. The van der Waals surface area contributed by atoms with Gasteiger partial charge in [0.05, 0.1) is 11.4 Å². The number of hydrogen-bond acceptors (Lipinski definition) is 4. The molecule has 0 aromatic heterocycles. The highest BCUT2D eigenvalue weighted by atomic mass is 79.9. The van der Waals surface area contributed by atoms with Gasteiger partial charge in [-0.05, 0) is 30.4 Å². The molecule has 2 aliphatic rings. The van der Waals surface area contributed by atoms with Crippen molar-refractivity contribution in [3.05, 3.63) is 18.2 Å². The van der Waals surface area contributed by atoms with Gasteiger partial charge in [0.25, 0.3) is 0 Å². The van der Waals surface area contributed by atoms with E-state index in [-0.39, 0.29) is 10.3 Å². The molecule has 3 rings (SSSR count). The van der Waals surface area contributed by atoms with Crippen LogP contribution < -0.4 is 4.72 Å². The summed E-state index contributed by atoms with van der Waals surface area (Å²) in [4.78, 5) is 0.212. The first-order chi connectivity index (χ1) is 9.06. The molecule has 8 heteroatoms. The third-order valence-corrected chi connectivity index (χ3v) is 6.58. The minimum Gasteiger partial charge on any atom is -0.210 e. The molecule has 0 bridgehead atoms. The van der Waals surface area contributed by atoms with E-state index in [4.69, 9.17) is 0 Å². The topological polar surface area (TPSA) is 70.9 Å². The molecule has 1 aromatic carbocycles. The molecule has 1 aromatic rings. The van der Waals surface area contributed by atoms with Crippen molar-refractivity contribution in [1.29, 1.82) is 0 Å². The van der Waals surface area contributed by atoms with Crippen LogP contribution in [0.15, 0.2) is 31.8 Å². The molecule has 0 amide bonds. The molecular formula is C11H12BrN3O2S2. The van der Waals surface area contributed by atoms with E-state index >= 15 is 0 Å². The zero-order chi connectivity index (χ0) is 13.5. The second-order valence-corrected chi connectivity index (χ2v) is 7.67. The summed E-state index contributed by atoms with van der Waals surface area (Å²) in [7, 11) is -3.53. The number of nitrogens with one attached hydrogen (secondary N) is 1. The van der Waals surface area contributed by atoms with Crippen molar-refractivity contribution in [2.45, 2.75) is 17.7 Å². The summed E-state index contributed by atoms with van der Waals surface area (Å²) in [5.41, 5.74) is 1.17. The maximum absolute atomic E-state index is 12.3. The largest absolute Gasteiger partial charge is 0.242 e. The summed E-state index contributed by atoms with van der Waals surface area (Å²) < 4.78 is 35.5. The lowest BCUT2D eigenvalue weighted by Gasteiger charge is -2.13. The van der Waals surface area contributed by atoms with E-state index in [0.29, 0.717) is 17.9 Å². The maximum Gasteiger partial charge on any atom is 0.242 e. The average Bonchev–Trinajstić information content (AvgIpc) is 3.04. The predicted molar refractivity (Wildman–Crippen MR) is 78.6 cm³/mol. The van der Waals surface area contributed by atoms with E-state index in [2.05, 4.69) is 29.4 Å². The van der Waals surface area contributed by atoms with Crippen molar-refractivity contribution < 1.29 is 8.42 Å². The second kappa shape index (κ2) is 4.76. The first kappa shape index (κ1) is 13.4. The Balaban J connectivity index is 1.85. The van der Waals surface area contributed by atoms with E-state index in [1.54, 1.807) is 18.2 Å². The van der Waals surface area contributed by atoms with Gasteiger partial charge < -0.3 is 0 Å². The summed E-state index contributed by atoms with van der Waals surface area (Å²) in [6.07, 6.45) is 2.12. The number of halogens is 1. The number of rotatable bonds is 5. The third kappa shape index (κ3) is 2.54. The van der Waals surface area contributed by atoms with Crippen LogP contribution in [0.5, 0.6) is 0 Å². The first-order valence-corrected chi connectivity index (χ1v) is 9.17. The van der Waals surface area contributed by atoms with Crippen LogP contribution in [0.4, 0.5) is 11.4 Å². The Morgan fingerprint density at radius 3 is 2.84 bits per heavy atom. The van der Waals surface area contributed by atoms with Crippen molar-refractivity contribution >= 4 is 48.7 Å². The molecule has 1 N–H and O–H groups in total. The molecule has 0 spiro atoms. The van der Waals surface area contributed by atoms with Crippen LogP contribution in [0.3, 0.4) is 0 Å². The molecule has 0 unspecified atom stereocenters. The predicted octanol–water partition coefficient (Wildman–Crippen LogP) is 2.87. The van der Waals surface area contributed by atoms with Gasteiger partial charge in [-0.25, -0.2) is 13.1 Å². The van der Waals surface area contributed by atoms with Gasteiger partial charge >= 0.3 is 0 Å². The Morgan fingerprint density at radius 1 is 1.37 bits per heavy atom. The third-order valence-electron chi connectivity index (χ3n) is 3.42. The van der Waals surface area contributed by atoms with Crippen molar-refractivity contribution in [1.82, 2.24) is 4.72 Å². The standard InChI is InChI=1S/C11H12BrN3O2S2/c12-6-11(4-5-11)7-13-19(16,17)9-3-1-2-8-10(9)15-18-14-8/h1-3,13H,4-7H2. The first-order valence-electron chi connectivity index (χ1n) is 5.83. The highest BCUT2D eigenvalue weighted by molar-refractivity contribution is 9.09. The van der Waals surface area contributed by atoms with Crippen molar-refractivity contribution in [3.63, 3.8) is 0 Å². The van der Waals surface area contributed by atoms with Crippen LogP contribution in [0.2, 0.25) is 0 Å². The summed E-state index contributed by atoms with van der Waals surface area (Å²) in [5.74, 6) is 0. The van der Waals surface area contributed by atoms with Gasteiger partial charge in [0.15, 0.2) is 0 Å². The zero-order valence-electron chi connectivity index (χ0n) is 9.97. The number of alkyl halides is 1. The highest BCUT2D eigenvalue weighted by Gasteiger charge is 2.42. The van der Waals surface area contributed by atoms with Crippen LogP contribution >= 0.6 is 15.9 Å². The van der Waals surface area contributed by atoms with E-state index in [9.17, 15) is 8.42 Å². The average molecular weight is 362 g/mol. The lowest BCUT2D eigenvalue weighted by molar-refractivity contribution is 0.538. The maximum atomic E-state index is 12.3. The van der Waals surface area contributed by atoms with E-state index in [1.807, 2.05) is 0 Å². The minimum absolute atomic E-state index is 0.0985. The number of benzene rings is 1. The Bertz CT molecular complexity index is 692. The molecule has 1 fully saturated rings. The Labute approximate surface area is 123 Å². The van der Waals surface area contributed by atoms with Gasteiger partial charge in [0.2, 0.25) is 10.0 Å². The van der Waals surface area contributed by atoms with Crippen molar-refractivity contribution in [2.75, 3.05) is 11.9 Å². The van der Waals surface area contributed by atoms with Crippen molar-refractivity contribution in [3.8, 4) is 0 Å². The van der Waals surface area contributed by atoms with Gasteiger partial charge in [-0.2, -0.15) is 8.73 Å². The molecule has 0 radical (unpaired) electrons. The number of nitrogens with zero attached hydrogens (tertiary/aromatic N) is 2. The van der Waals surface area contributed by atoms with Crippen LogP contribution in [0.1, 0.15) is 12.8 Å². The SMILES string of the molecule is O=S(=O)(NCC1(CBr)CC1)c1cccc2c1N=S=N2. The van der Waals surface area contributed by atoms with Gasteiger partial charge in [0.1, 0.15) is 16.3 Å². The normalized spacial score (nSPS) is 19.0. The van der Waals surface area contributed by atoms with Crippen molar-refractivity contribution in [2.24, 2.45) is 14.1 Å². The van der Waals surface area contributed by atoms with Gasteiger partial charge in [-0.3, -0.25) is 0 Å². The van der Waals surface area contributed by atoms with E-state index < -0.39 is 10.0 Å². The molecule has 1 saturated carbocycles. The number of hydrogen-bond donors (Lipinski definition) is 1. The fourth-order valence-corrected chi connectivity index (χ4v) is 4.54. The summed E-state index contributed by atoms with van der Waals surface area (Å²) in [5, 5.41) is 0.824. The lowest BCUT2D eigenvalue weighted by Crippen LogP contribution is -2.31. The molecular weight excluding hydrogens is 350 g/mol. The van der Waals surface area contributed by atoms with Crippen LogP contribution in [0, 0.1) is 5.41 Å². The van der Waals surface area contributed by atoms with Gasteiger partial charge in [0, 0.05) is 11.9 Å². The van der Waals surface area contributed by atoms with E-state index in [1.165, 1.54) is 0 Å². The van der Waals surface area contributed by atoms with Crippen LogP contribution in [-0.4, -0.2) is 20.3 Å².